The van der Waals surface area contributed by atoms with Gasteiger partial charge in [-0.1, -0.05) is 0 Å². The van der Waals surface area contributed by atoms with Crippen LogP contribution < -0.4 is 5.73 Å². The number of fused-ring (bicyclic) bond motifs is 1. The summed E-state index contributed by atoms with van der Waals surface area (Å²) < 4.78 is 5.57. The number of hydrogen-bond acceptors (Lipinski definition) is 3. The lowest BCUT2D eigenvalue weighted by atomic mass is 10.2. The van der Waals surface area contributed by atoms with Crippen molar-refractivity contribution in [2.24, 2.45) is 5.73 Å². The minimum Gasteiger partial charge on any atom is -0.374 e. The van der Waals surface area contributed by atoms with Crippen LogP contribution in [0.2, 0.25) is 0 Å². The minimum absolute atomic E-state index is 0.296. The smallest absolute Gasteiger partial charge is 0.0824 e. The quantitative estimate of drug-likeness (QED) is 0.572. The van der Waals surface area contributed by atoms with Gasteiger partial charge < -0.3 is 10.5 Å². The molecule has 3 nitrogen and oxygen atoms in total. The second-order valence-electron chi connectivity index (χ2n) is 3.48. The summed E-state index contributed by atoms with van der Waals surface area (Å²) >= 11 is 0. The number of rotatable bonds is 1. The van der Waals surface area contributed by atoms with Crippen LogP contribution in [0.1, 0.15) is 12.8 Å². The maximum atomic E-state index is 5.57. The van der Waals surface area contributed by atoms with Gasteiger partial charge in [-0.05, 0) is 19.4 Å². The van der Waals surface area contributed by atoms with Crippen molar-refractivity contribution < 1.29 is 4.74 Å². The molecule has 0 aliphatic carbocycles. The number of nitrogens with zero attached hydrogens (tertiary/aromatic N) is 1. The molecule has 2 aliphatic rings. The van der Waals surface area contributed by atoms with E-state index in [2.05, 4.69) is 4.90 Å². The molecule has 3 heteroatoms. The van der Waals surface area contributed by atoms with Crippen molar-refractivity contribution in [3.8, 4) is 0 Å². The Morgan fingerprint density at radius 1 is 1.55 bits per heavy atom. The zero-order valence-corrected chi connectivity index (χ0v) is 6.83. The summed E-state index contributed by atoms with van der Waals surface area (Å²) in [6.45, 7) is 3.89. The predicted octanol–water partition coefficient (Wildman–Crippen LogP) is -0.192. The summed E-state index contributed by atoms with van der Waals surface area (Å²) in [5.41, 5.74) is 5.53. The van der Waals surface area contributed by atoms with E-state index in [1.165, 1.54) is 19.4 Å². The summed E-state index contributed by atoms with van der Waals surface area (Å²) in [5.74, 6) is 0. The Balaban J connectivity index is 1.91. The van der Waals surface area contributed by atoms with E-state index in [0.29, 0.717) is 18.7 Å². The molecule has 2 rings (SSSR count). The van der Waals surface area contributed by atoms with Gasteiger partial charge in [-0.15, -0.1) is 0 Å². The molecule has 2 fully saturated rings. The largest absolute Gasteiger partial charge is 0.374 e. The van der Waals surface area contributed by atoms with Crippen LogP contribution in [-0.2, 0) is 4.74 Å². The van der Waals surface area contributed by atoms with Crippen molar-refractivity contribution in [1.29, 1.82) is 0 Å². The molecule has 64 valence electrons. The molecule has 0 bridgehead atoms. The monoisotopic (exact) mass is 156 g/mol. The van der Waals surface area contributed by atoms with Crippen molar-refractivity contribution in [2.75, 3.05) is 26.2 Å². The molecule has 0 radical (unpaired) electrons. The Bertz CT molecular complexity index is 140. The zero-order chi connectivity index (χ0) is 7.68. The number of morpholine rings is 1. The van der Waals surface area contributed by atoms with E-state index in [1.807, 2.05) is 0 Å². The normalized spacial score (nSPS) is 39.0. The third kappa shape index (κ3) is 1.41. The fourth-order valence-electron chi connectivity index (χ4n) is 2.03. The molecular formula is C8H16N2O. The topological polar surface area (TPSA) is 38.5 Å². The Labute approximate surface area is 67.5 Å². The third-order valence-electron chi connectivity index (χ3n) is 2.72. The van der Waals surface area contributed by atoms with E-state index in [-0.39, 0.29) is 0 Å². The summed E-state index contributed by atoms with van der Waals surface area (Å²) in [6, 6.07) is 0.706. The van der Waals surface area contributed by atoms with Crippen molar-refractivity contribution in [3.05, 3.63) is 0 Å². The van der Waals surface area contributed by atoms with Crippen LogP contribution in [-0.4, -0.2) is 43.3 Å². The van der Waals surface area contributed by atoms with Gasteiger partial charge in [0, 0.05) is 19.1 Å². The minimum atomic E-state index is 0.296. The molecule has 0 unspecified atom stereocenters. The van der Waals surface area contributed by atoms with Gasteiger partial charge in [-0.3, -0.25) is 4.90 Å². The molecule has 0 aromatic carbocycles. The van der Waals surface area contributed by atoms with Crippen LogP contribution in [0, 0.1) is 0 Å². The van der Waals surface area contributed by atoms with Gasteiger partial charge in [0.1, 0.15) is 0 Å². The van der Waals surface area contributed by atoms with Crippen LogP contribution in [0.15, 0.2) is 0 Å². The lowest BCUT2D eigenvalue weighted by Crippen LogP contribution is -2.48. The average molecular weight is 156 g/mol. The Hall–Kier alpha value is -0.120. The third-order valence-corrected chi connectivity index (χ3v) is 2.72. The lowest BCUT2D eigenvalue weighted by Gasteiger charge is -2.34. The highest BCUT2D eigenvalue weighted by Gasteiger charge is 2.31. The summed E-state index contributed by atoms with van der Waals surface area (Å²) in [6.07, 6.45) is 2.95. The second-order valence-corrected chi connectivity index (χ2v) is 3.48. The first-order valence-corrected chi connectivity index (χ1v) is 4.46. The van der Waals surface area contributed by atoms with Gasteiger partial charge in [-0.2, -0.15) is 0 Å². The van der Waals surface area contributed by atoms with Crippen LogP contribution >= 0.6 is 0 Å². The molecule has 0 aromatic heterocycles. The SMILES string of the molecule is NC[C@H]1CN2CCC[C@@H]2CO1. The number of nitrogens with two attached hydrogens (primary N) is 1. The van der Waals surface area contributed by atoms with Gasteiger partial charge in [0.25, 0.3) is 0 Å². The van der Waals surface area contributed by atoms with E-state index in [4.69, 9.17) is 10.5 Å². The molecule has 2 heterocycles. The molecule has 11 heavy (non-hydrogen) atoms. The van der Waals surface area contributed by atoms with Crippen LogP contribution in [0.25, 0.3) is 0 Å². The lowest BCUT2D eigenvalue weighted by molar-refractivity contribution is -0.0434. The molecule has 0 saturated carbocycles. The molecule has 0 amide bonds. The van der Waals surface area contributed by atoms with E-state index in [9.17, 15) is 0 Å². The molecule has 0 aromatic rings. The average Bonchev–Trinajstić information content (AvgIpc) is 2.50. The Morgan fingerprint density at radius 3 is 3.27 bits per heavy atom. The Kier molecular flexibility index (Phi) is 2.11. The molecular weight excluding hydrogens is 140 g/mol. The predicted molar refractivity (Wildman–Crippen MR) is 43.4 cm³/mol. The summed E-state index contributed by atoms with van der Waals surface area (Å²) in [5, 5.41) is 0. The molecule has 2 atom stereocenters. The van der Waals surface area contributed by atoms with Gasteiger partial charge in [0.05, 0.1) is 12.7 Å². The molecule has 0 spiro atoms. The first kappa shape index (κ1) is 7.53. The fourth-order valence-corrected chi connectivity index (χ4v) is 2.03. The van der Waals surface area contributed by atoms with E-state index in [1.54, 1.807) is 0 Å². The van der Waals surface area contributed by atoms with Gasteiger partial charge in [0.2, 0.25) is 0 Å². The maximum absolute atomic E-state index is 5.57. The molecule has 2 N–H and O–H groups in total. The molecule has 2 aliphatic heterocycles. The van der Waals surface area contributed by atoms with Crippen molar-refractivity contribution in [3.63, 3.8) is 0 Å². The Morgan fingerprint density at radius 2 is 2.45 bits per heavy atom. The summed E-state index contributed by atoms with van der Waals surface area (Å²) in [7, 11) is 0. The number of ether oxygens (including phenoxy) is 1. The first-order chi connectivity index (χ1) is 5.40. The van der Waals surface area contributed by atoms with Crippen molar-refractivity contribution >= 4 is 0 Å². The van der Waals surface area contributed by atoms with E-state index < -0.39 is 0 Å². The van der Waals surface area contributed by atoms with Crippen LogP contribution in [0.4, 0.5) is 0 Å². The maximum Gasteiger partial charge on any atom is 0.0824 e. The summed E-state index contributed by atoms with van der Waals surface area (Å²) in [4.78, 5) is 2.51. The van der Waals surface area contributed by atoms with Crippen molar-refractivity contribution in [2.45, 2.75) is 25.0 Å². The number of hydrogen-bond donors (Lipinski definition) is 1. The van der Waals surface area contributed by atoms with E-state index in [0.717, 1.165) is 13.2 Å². The fraction of sp³-hybridized carbons (Fsp3) is 1.00. The van der Waals surface area contributed by atoms with Crippen LogP contribution in [0.3, 0.4) is 0 Å². The van der Waals surface area contributed by atoms with Crippen LogP contribution in [0.5, 0.6) is 0 Å². The standard InChI is InChI=1S/C8H16N2O/c9-4-8-5-10-3-1-2-7(10)6-11-8/h7-8H,1-6,9H2/t7-,8+/m1/s1. The highest BCUT2D eigenvalue weighted by atomic mass is 16.5. The van der Waals surface area contributed by atoms with E-state index >= 15 is 0 Å². The van der Waals surface area contributed by atoms with Gasteiger partial charge in [0.15, 0.2) is 0 Å². The van der Waals surface area contributed by atoms with Crippen molar-refractivity contribution in [1.82, 2.24) is 4.90 Å². The zero-order valence-electron chi connectivity index (χ0n) is 6.83. The first-order valence-electron chi connectivity index (χ1n) is 4.46. The highest BCUT2D eigenvalue weighted by Crippen LogP contribution is 2.21. The van der Waals surface area contributed by atoms with Gasteiger partial charge in [-0.25, -0.2) is 0 Å². The second kappa shape index (κ2) is 3.09. The highest BCUT2D eigenvalue weighted by molar-refractivity contribution is 4.85. The van der Waals surface area contributed by atoms with Gasteiger partial charge >= 0.3 is 0 Å². The molecule has 2 saturated heterocycles.